The van der Waals surface area contributed by atoms with E-state index in [0.717, 1.165) is 10.4 Å². The zero-order chi connectivity index (χ0) is 20.1. The van der Waals surface area contributed by atoms with E-state index in [4.69, 9.17) is 0 Å². The lowest BCUT2D eigenvalue weighted by molar-refractivity contribution is -0.142. The molecule has 0 saturated heterocycles. The van der Waals surface area contributed by atoms with Gasteiger partial charge in [-0.2, -0.15) is 0 Å². The number of pyridine rings is 2. The third-order valence-corrected chi connectivity index (χ3v) is 4.79. The first-order valence-electron chi connectivity index (χ1n) is 8.48. The summed E-state index contributed by atoms with van der Waals surface area (Å²) in [5.41, 5.74) is 1.77. The van der Waals surface area contributed by atoms with Crippen LogP contribution in [0.2, 0.25) is 0 Å². The molecule has 9 heteroatoms. The Hall–Kier alpha value is -3.33. The van der Waals surface area contributed by atoms with Gasteiger partial charge in [-0.1, -0.05) is 6.07 Å². The van der Waals surface area contributed by atoms with E-state index in [-0.39, 0.29) is 5.01 Å². The van der Waals surface area contributed by atoms with Gasteiger partial charge in [0.05, 0.1) is 17.7 Å². The molecule has 3 aromatic rings. The lowest BCUT2D eigenvalue weighted by atomic mass is 10.3. The van der Waals surface area contributed by atoms with E-state index in [2.05, 4.69) is 30.3 Å². The van der Waals surface area contributed by atoms with Gasteiger partial charge in [0.15, 0.2) is 5.01 Å². The number of anilines is 2. The molecule has 0 aromatic carbocycles. The molecule has 0 radical (unpaired) electrons. The van der Waals surface area contributed by atoms with E-state index in [1.807, 2.05) is 37.3 Å². The minimum atomic E-state index is -0.752. The number of nitrogens with one attached hydrogen (secondary N) is 2. The van der Waals surface area contributed by atoms with Crippen LogP contribution in [0.3, 0.4) is 0 Å². The molecule has 3 aromatic heterocycles. The van der Waals surface area contributed by atoms with Crippen LogP contribution in [0.4, 0.5) is 11.6 Å². The van der Waals surface area contributed by atoms with E-state index in [9.17, 15) is 9.59 Å². The summed E-state index contributed by atoms with van der Waals surface area (Å²) in [5, 5.41) is 5.96. The molecule has 0 bridgehead atoms. The number of thiazole rings is 1. The Morgan fingerprint density at radius 3 is 2.75 bits per heavy atom. The molecule has 0 aliphatic rings. The third kappa shape index (κ3) is 4.68. The van der Waals surface area contributed by atoms with E-state index in [0.29, 0.717) is 17.3 Å². The first kappa shape index (κ1) is 19.4. The van der Waals surface area contributed by atoms with Gasteiger partial charge in [-0.25, -0.2) is 19.7 Å². The highest BCUT2D eigenvalue weighted by atomic mass is 32.1. The molecule has 0 saturated carbocycles. The summed E-state index contributed by atoms with van der Waals surface area (Å²) in [6, 6.07) is 8.62. The predicted octanol–water partition coefficient (Wildman–Crippen LogP) is 2.94. The van der Waals surface area contributed by atoms with Crippen molar-refractivity contribution < 1.29 is 14.3 Å². The molecule has 28 heavy (non-hydrogen) atoms. The molecule has 2 N–H and O–H groups in total. The topological polar surface area (TPSA) is 106 Å². The van der Waals surface area contributed by atoms with Crippen LogP contribution in [0, 0.1) is 6.92 Å². The Balaban J connectivity index is 1.74. The lowest BCUT2D eigenvalue weighted by Crippen LogP contribution is -2.39. The van der Waals surface area contributed by atoms with Gasteiger partial charge < -0.3 is 15.4 Å². The van der Waals surface area contributed by atoms with Crippen LogP contribution < -0.4 is 10.6 Å². The molecule has 3 rings (SSSR count). The maximum atomic E-state index is 12.2. The van der Waals surface area contributed by atoms with Crippen molar-refractivity contribution in [3.63, 3.8) is 0 Å². The largest absolute Gasteiger partial charge is 0.467 e. The summed E-state index contributed by atoms with van der Waals surface area (Å²) in [5.74, 6) is 0.378. The summed E-state index contributed by atoms with van der Waals surface area (Å²) < 4.78 is 4.60. The number of methoxy groups -OCH3 is 1. The van der Waals surface area contributed by atoms with Gasteiger partial charge in [-0.15, -0.1) is 11.3 Å². The second kappa shape index (κ2) is 8.57. The smallest absolute Gasteiger partial charge is 0.328 e. The number of ether oxygens (including phenoxy) is 1. The van der Waals surface area contributed by atoms with Crippen molar-refractivity contribution in [1.29, 1.82) is 0 Å². The summed E-state index contributed by atoms with van der Waals surface area (Å²) in [4.78, 5) is 37.4. The second-order valence-electron chi connectivity index (χ2n) is 6.00. The monoisotopic (exact) mass is 397 g/mol. The molecule has 3 heterocycles. The average Bonchev–Trinajstić information content (AvgIpc) is 3.18. The van der Waals surface area contributed by atoms with Gasteiger partial charge in [-0.05, 0) is 43.7 Å². The zero-order valence-corrected chi connectivity index (χ0v) is 16.4. The number of rotatable bonds is 6. The Kier molecular flexibility index (Phi) is 5.95. The molecule has 144 valence electrons. The minimum absolute atomic E-state index is 0.242. The zero-order valence-electron chi connectivity index (χ0n) is 15.6. The van der Waals surface area contributed by atoms with Crippen molar-refractivity contribution in [3.8, 4) is 10.6 Å². The molecular weight excluding hydrogens is 378 g/mol. The standard InChI is InChI=1S/C19H19N5O3S/c1-11-7-8-20-16(9-11)24-15-6-4-5-13(23-15)14-10-21-18(28-14)17(25)22-12(2)19(26)27-3/h4-10,12H,1-3H3,(H,22,25)(H,20,23,24). The molecule has 1 atom stereocenters. The van der Waals surface area contributed by atoms with Gasteiger partial charge >= 0.3 is 5.97 Å². The number of hydrogen-bond acceptors (Lipinski definition) is 8. The number of aryl methyl sites for hydroxylation is 1. The SMILES string of the molecule is COC(=O)C(C)NC(=O)c1ncc(-c2cccc(Nc3cc(C)ccn3)n2)s1. The van der Waals surface area contributed by atoms with E-state index in [1.165, 1.54) is 18.4 Å². The normalized spacial score (nSPS) is 11.5. The Bertz CT molecular complexity index is 1000. The first-order chi connectivity index (χ1) is 13.5. The number of carbonyl (C=O) groups is 2. The van der Waals surface area contributed by atoms with Crippen molar-refractivity contribution in [3.05, 3.63) is 53.3 Å². The van der Waals surface area contributed by atoms with E-state index in [1.54, 1.807) is 19.3 Å². The molecule has 0 fully saturated rings. The van der Waals surface area contributed by atoms with Crippen LogP contribution in [-0.2, 0) is 9.53 Å². The Morgan fingerprint density at radius 1 is 1.18 bits per heavy atom. The third-order valence-electron chi connectivity index (χ3n) is 3.78. The highest BCUT2D eigenvalue weighted by Crippen LogP contribution is 2.26. The van der Waals surface area contributed by atoms with Crippen LogP contribution >= 0.6 is 11.3 Å². The molecule has 1 unspecified atom stereocenters. The number of esters is 1. The second-order valence-corrected chi connectivity index (χ2v) is 7.03. The van der Waals surface area contributed by atoms with Crippen LogP contribution in [-0.4, -0.2) is 40.0 Å². The number of hydrogen-bond donors (Lipinski definition) is 2. The fraction of sp³-hybridized carbons (Fsp3) is 0.211. The average molecular weight is 397 g/mol. The van der Waals surface area contributed by atoms with Crippen LogP contribution in [0.1, 0.15) is 22.3 Å². The molecular formula is C19H19N5O3S. The Morgan fingerprint density at radius 2 is 2.00 bits per heavy atom. The number of aromatic nitrogens is 3. The fourth-order valence-electron chi connectivity index (χ4n) is 2.37. The summed E-state index contributed by atoms with van der Waals surface area (Å²) in [6.45, 7) is 3.54. The van der Waals surface area contributed by atoms with E-state index >= 15 is 0 Å². The number of carbonyl (C=O) groups excluding carboxylic acids is 2. The van der Waals surface area contributed by atoms with Gasteiger partial charge in [0.2, 0.25) is 0 Å². The van der Waals surface area contributed by atoms with Crippen molar-refractivity contribution in [2.45, 2.75) is 19.9 Å². The minimum Gasteiger partial charge on any atom is -0.467 e. The van der Waals surface area contributed by atoms with E-state index < -0.39 is 17.9 Å². The summed E-state index contributed by atoms with van der Waals surface area (Å²) >= 11 is 1.19. The van der Waals surface area contributed by atoms with Crippen LogP contribution in [0.5, 0.6) is 0 Å². The molecule has 8 nitrogen and oxygen atoms in total. The van der Waals surface area contributed by atoms with Crippen molar-refractivity contribution in [2.24, 2.45) is 0 Å². The highest BCUT2D eigenvalue weighted by molar-refractivity contribution is 7.16. The van der Waals surface area contributed by atoms with Crippen molar-refractivity contribution >= 4 is 34.8 Å². The molecule has 0 aliphatic heterocycles. The summed E-state index contributed by atoms with van der Waals surface area (Å²) in [7, 11) is 1.27. The van der Waals surface area contributed by atoms with Gasteiger partial charge in [0.1, 0.15) is 17.7 Å². The molecule has 0 spiro atoms. The van der Waals surface area contributed by atoms with Crippen molar-refractivity contribution in [2.75, 3.05) is 12.4 Å². The van der Waals surface area contributed by atoms with Crippen molar-refractivity contribution in [1.82, 2.24) is 20.3 Å². The molecule has 0 aliphatic carbocycles. The maximum absolute atomic E-state index is 12.2. The highest BCUT2D eigenvalue weighted by Gasteiger charge is 2.19. The van der Waals surface area contributed by atoms with Crippen LogP contribution in [0.15, 0.2) is 42.7 Å². The Labute approximate surface area is 166 Å². The van der Waals surface area contributed by atoms with Gasteiger partial charge in [-0.3, -0.25) is 4.79 Å². The first-order valence-corrected chi connectivity index (χ1v) is 9.29. The van der Waals surface area contributed by atoms with Gasteiger partial charge in [0, 0.05) is 12.4 Å². The number of amides is 1. The van der Waals surface area contributed by atoms with Gasteiger partial charge in [0.25, 0.3) is 5.91 Å². The lowest BCUT2D eigenvalue weighted by Gasteiger charge is -2.09. The number of nitrogens with zero attached hydrogens (tertiary/aromatic N) is 3. The quantitative estimate of drug-likeness (QED) is 0.616. The maximum Gasteiger partial charge on any atom is 0.328 e. The predicted molar refractivity (Wildman–Crippen MR) is 107 cm³/mol. The molecule has 1 amide bonds. The fourth-order valence-corrected chi connectivity index (χ4v) is 3.16. The van der Waals surface area contributed by atoms with Crippen LogP contribution in [0.25, 0.3) is 10.6 Å². The summed E-state index contributed by atoms with van der Waals surface area (Å²) in [6.07, 6.45) is 3.31.